The van der Waals surface area contributed by atoms with Crippen LogP contribution < -0.4 is 14.2 Å². The van der Waals surface area contributed by atoms with Crippen molar-refractivity contribution >= 4 is 23.9 Å². The average Bonchev–Trinajstić information content (AvgIpc) is 2.98. The Morgan fingerprint density at radius 1 is 0.636 bits per heavy atom. The van der Waals surface area contributed by atoms with Gasteiger partial charge in [0.05, 0.1) is 0 Å². The smallest absolute Gasteiger partial charge is 0.349 e. The highest BCUT2D eigenvalue weighted by Crippen LogP contribution is 2.35. The number of ether oxygens (including phenoxy) is 5. The minimum Gasteiger partial charge on any atom is -0.486 e. The number of carbonyl (C=O) groups is 4. The minimum atomic E-state index is -0.873. The molecule has 0 aliphatic rings. The van der Waals surface area contributed by atoms with E-state index in [2.05, 4.69) is 19.7 Å². The molecule has 9 nitrogen and oxygen atoms in total. The maximum absolute atomic E-state index is 15.3. The molecule has 0 aliphatic heterocycles. The summed E-state index contributed by atoms with van der Waals surface area (Å²) in [6, 6.07) is 15.6. The van der Waals surface area contributed by atoms with E-state index in [0.29, 0.717) is 28.0 Å². The van der Waals surface area contributed by atoms with Gasteiger partial charge in [-0.15, -0.1) is 0 Å². The Balaban J connectivity index is 1.82. The number of rotatable bonds is 13. The molecular weight excluding hydrogens is 571 g/mol. The van der Waals surface area contributed by atoms with Gasteiger partial charge in [0, 0.05) is 22.3 Å². The van der Waals surface area contributed by atoms with E-state index in [1.807, 2.05) is 0 Å². The van der Waals surface area contributed by atoms with Crippen molar-refractivity contribution in [3.63, 3.8) is 0 Å². The minimum absolute atomic E-state index is 0.000817. The Morgan fingerprint density at radius 2 is 1.20 bits per heavy atom. The van der Waals surface area contributed by atoms with Gasteiger partial charge in [-0.3, -0.25) is 0 Å². The molecule has 0 aliphatic carbocycles. The zero-order valence-electron chi connectivity index (χ0n) is 24.6. The van der Waals surface area contributed by atoms with E-state index in [1.165, 1.54) is 39.0 Å². The van der Waals surface area contributed by atoms with Crippen LogP contribution in [0, 0.1) is 5.82 Å². The Kier molecular flexibility index (Phi) is 11.3. The van der Waals surface area contributed by atoms with Crippen LogP contribution in [0.2, 0.25) is 0 Å². The van der Waals surface area contributed by atoms with Gasteiger partial charge in [-0.05, 0) is 67.8 Å². The Hall–Kier alpha value is -5.51. The third-order valence-electron chi connectivity index (χ3n) is 5.79. The summed E-state index contributed by atoms with van der Waals surface area (Å²) in [5.41, 5.74) is 2.49. The predicted molar refractivity (Wildman–Crippen MR) is 160 cm³/mol. The molecule has 3 aromatic carbocycles. The quantitative estimate of drug-likeness (QED) is 0.0981. The van der Waals surface area contributed by atoms with Gasteiger partial charge in [0.25, 0.3) is 0 Å². The van der Waals surface area contributed by atoms with E-state index < -0.39 is 36.3 Å². The second-order valence-corrected chi connectivity index (χ2v) is 9.65. The van der Waals surface area contributed by atoms with Crippen molar-refractivity contribution in [1.29, 1.82) is 0 Å². The molecule has 0 saturated carbocycles. The normalized spacial score (nSPS) is 10.3. The molecule has 44 heavy (non-hydrogen) atoms. The van der Waals surface area contributed by atoms with Gasteiger partial charge in [-0.25, -0.2) is 23.6 Å². The number of esters is 4. The van der Waals surface area contributed by atoms with Crippen molar-refractivity contribution < 1.29 is 47.3 Å². The molecule has 3 aromatic rings. The lowest BCUT2D eigenvalue weighted by Gasteiger charge is -2.14. The molecule has 0 atom stereocenters. The van der Waals surface area contributed by atoms with E-state index in [4.69, 9.17) is 23.7 Å². The van der Waals surface area contributed by atoms with Crippen molar-refractivity contribution in [1.82, 2.24) is 0 Å². The van der Waals surface area contributed by atoms with E-state index in [1.54, 1.807) is 42.5 Å². The van der Waals surface area contributed by atoms with Crippen LogP contribution in [-0.2, 0) is 28.7 Å². The zero-order valence-corrected chi connectivity index (χ0v) is 24.6. The fourth-order valence-electron chi connectivity index (χ4n) is 3.52. The van der Waals surface area contributed by atoms with Crippen molar-refractivity contribution in [2.24, 2.45) is 0 Å². The second kappa shape index (κ2) is 15.1. The molecule has 0 unspecified atom stereocenters. The van der Waals surface area contributed by atoms with Gasteiger partial charge in [0.1, 0.15) is 24.8 Å². The highest BCUT2D eigenvalue weighted by Gasteiger charge is 2.16. The summed E-state index contributed by atoms with van der Waals surface area (Å²) in [4.78, 5) is 47.3. The first-order valence-electron chi connectivity index (χ1n) is 13.3. The van der Waals surface area contributed by atoms with Gasteiger partial charge in [-0.1, -0.05) is 50.1 Å². The average molecular weight is 603 g/mol. The standard InChI is InChI=1S/C34H31FO9/c1-20(2)32(37)41-16-15-40-30-18-25(10-14-29(30)44-31(36)19-42-33(38)21(3)4)24-9-13-27(28(35)17-24)23-7-11-26(12-8-23)43-34(39)22(5)6/h7-14,17-18H,1,3,5,15-16,19H2,2,4,6H3. The number of hydrogen-bond acceptors (Lipinski definition) is 9. The Morgan fingerprint density at radius 3 is 1.82 bits per heavy atom. The van der Waals surface area contributed by atoms with Crippen molar-refractivity contribution in [2.75, 3.05) is 19.8 Å². The summed E-state index contributed by atoms with van der Waals surface area (Å²) < 4.78 is 41.4. The monoisotopic (exact) mass is 602 g/mol. The Labute approximate surface area is 254 Å². The van der Waals surface area contributed by atoms with Gasteiger partial charge < -0.3 is 23.7 Å². The summed E-state index contributed by atoms with van der Waals surface area (Å²) in [5.74, 6) is -2.89. The van der Waals surface area contributed by atoms with Crippen LogP contribution in [0.15, 0.2) is 97.1 Å². The van der Waals surface area contributed by atoms with Crippen LogP contribution in [-0.4, -0.2) is 43.7 Å². The van der Waals surface area contributed by atoms with E-state index >= 15 is 4.39 Å². The molecule has 0 saturated heterocycles. The molecule has 0 amide bonds. The van der Waals surface area contributed by atoms with Crippen LogP contribution in [0.4, 0.5) is 4.39 Å². The highest BCUT2D eigenvalue weighted by atomic mass is 19.1. The molecule has 0 bridgehead atoms. The highest BCUT2D eigenvalue weighted by molar-refractivity contribution is 5.89. The molecule has 0 aromatic heterocycles. The first-order valence-corrected chi connectivity index (χ1v) is 13.3. The molecular formula is C34H31FO9. The fraction of sp³-hybridized carbons (Fsp3) is 0.176. The summed E-state index contributed by atoms with van der Waals surface area (Å²) in [6.07, 6.45) is 0. The number of carbonyl (C=O) groups excluding carboxylic acids is 4. The summed E-state index contributed by atoms with van der Waals surface area (Å²) in [6.45, 7) is 14.1. The predicted octanol–water partition coefficient (Wildman–Crippen LogP) is 6.16. The number of halogens is 1. The number of hydrogen-bond donors (Lipinski definition) is 0. The van der Waals surface area contributed by atoms with E-state index in [-0.39, 0.29) is 41.4 Å². The van der Waals surface area contributed by atoms with Crippen LogP contribution >= 0.6 is 0 Å². The molecule has 0 N–H and O–H groups in total. The van der Waals surface area contributed by atoms with Crippen LogP contribution in [0.1, 0.15) is 20.8 Å². The topological polar surface area (TPSA) is 114 Å². The third kappa shape index (κ3) is 9.25. The maximum Gasteiger partial charge on any atom is 0.349 e. The number of benzene rings is 3. The van der Waals surface area contributed by atoms with Crippen molar-refractivity contribution in [2.45, 2.75) is 20.8 Å². The lowest BCUT2D eigenvalue weighted by molar-refractivity contribution is -0.150. The second-order valence-electron chi connectivity index (χ2n) is 9.65. The van der Waals surface area contributed by atoms with Crippen LogP contribution in [0.5, 0.6) is 17.2 Å². The van der Waals surface area contributed by atoms with Gasteiger partial charge in [-0.2, -0.15) is 0 Å². The molecule has 0 heterocycles. The lowest BCUT2D eigenvalue weighted by Crippen LogP contribution is -2.19. The maximum atomic E-state index is 15.3. The van der Waals surface area contributed by atoms with E-state index in [9.17, 15) is 19.2 Å². The lowest BCUT2D eigenvalue weighted by atomic mass is 9.99. The van der Waals surface area contributed by atoms with Gasteiger partial charge in [0.15, 0.2) is 18.1 Å². The summed E-state index contributed by atoms with van der Waals surface area (Å²) in [7, 11) is 0. The van der Waals surface area contributed by atoms with E-state index in [0.717, 1.165) is 0 Å². The molecule has 0 radical (unpaired) electrons. The largest absolute Gasteiger partial charge is 0.486 e. The fourth-order valence-corrected chi connectivity index (χ4v) is 3.52. The third-order valence-corrected chi connectivity index (χ3v) is 5.79. The molecule has 228 valence electrons. The molecule has 3 rings (SSSR count). The van der Waals surface area contributed by atoms with Crippen molar-refractivity contribution in [3.05, 3.63) is 103 Å². The van der Waals surface area contributed by atoms with Gasteiger partial charge in [0.2, 0.25) is 0 Å². The zero-order chi connectivity index (χ0) is 32.4. The SMILES string of the molecule is C=C(C)C(=O)OCCOc1cc(-c2ccc(-c3ccc(OC(=O)C(=C)C)cc3)c(F)c2)ccc1OC(=O)COC(=O)C(=C)C. The first kappa shape index (κ1) is 33.0. The molecule has 0 spiro atoms. The summed E-state index contributed by atoms with van der Waals surface area (Å²) >= 11 is 0. The molecule has 10 heteroatoms. The van der Waals surface area contributed by atoms with Gasteiger partial charge >= 0.3 is 23.9 Å². The summed E-state index contributed by atoms with van der Waals surface area (Å²) in [5, 5.41) is 0. The van der Waals surface area contributed by atoms with Crippen LogP contribution in [0.3, 0.4) is 0 Å². The van der Waals surface area contributed by atoms with Crippen molar-refractivity contribution in [3.8, 4) is 39.5 Å². The first-order chi connectivity index (χ1) is 20.8. The Bertz CT molecular complexity index is 1620. The molecule has 0 fully saturated rings. The van der Waals surface area contributed by atoms with Crippen LogP contribution in [0.25, 0.3) is 22.3 Å².